The zero-order valence-electron chi connectivity index (χ0n) is 13.8. The SMILES string of the molecule is CC(C)n1c(C(C)(C)C)cc2c3c(N)nc(N)nc3ccc21. The summed E-state index contributed by atoms with van der Waals surface area (Å²) in [6, 6.07) is 6.64. The molecule has 2 heterocycles. The number of hydrogen-bond acceptors (Lipinski definition) is 4. The van der Waals surface area contributed by atoms with Gasteiger partial charge in [0.2, 0.25) is 5.95 Å². The smallest absolute Gasteiger partial charge is 0.222 e. The molecule has 0 aliphatic rings. The Balaban J connectivity index is 2.51. The van der Waals surface area contributed by atoms with E-state index in [2.05, 4.69) is 61.3 Å². The summed E-state index contributed by atoms with van der Waals surface area (Å²) in [5.74, 6) is 0.651. The number of nitrogens with zero attached hydrogens (tertiary/aromatic N) is 3. The number of anilines is 2. The van der Waals surface area contributed by atoms with Gasteiger partial charge in [-0.25, -0.2) is 4.98 Å². The highest BCUT2D eigenvalue weighted by Crippen LogP contribution is 2.36. The quantitative estimate of drug-likeness (QED) is 0.718. The van der Waals surface area contributed by atoms with Crippen LogP contribution in [0.2, 0.25) is 0 Å². The number of rotatable bonds is 1. The van der Waals surface area contributed by atoms with Gasteiger partial charge in [-0.2, -0.15) is 4.98 Å². The minimum Gasteiger partial charge on any atom is -0.383 e. The van der Waals surface area contributed by atoms with Crippen molar-refractivity contribution in [1.82, 2.24) is 14.5 Å². The highest BCUT2D eigenvalue weighted by atomic mass is 15.0. The van der Waals surface area contributed by atoms with E-state index in [1.54, 1.807) is 0 Å². The summed E-state index contributed by atoms with van der Waals surface area (Å²) in [7, 11) is 0. The number of aromatic nitrogens is 3. The number of benzene rings is 1. The van der Waals surface area contributed by atoms with Crippen LogP contribution in [0.3, 0.4) is 0 Å². The third-order valence-electron chi connectivity index (χ3n) is 4.01. The lowest BCUT2D eigenvalue weighted by Gasteiger charge is -2.24. The Labute approximate surface area is 130 Å². The number of nitrogens with two attached hydrogens (primary N) is 2. The molecule has 2 aromatic heterocycles. The van der Waals surface area contributed by atoms with Gasteiger partial charge in [0, 0.05) is 28.1 Å². The summed E-state index contributed by atoms with van der Waals surface area (Å²) < 4.78 is 2.37. The molecule has 3 rings (SSSR count). The fourth-order valence-corrected chi connectivity index (χ4v) is 3.11. The van der Waals surface area contributed by atoms with Crippen molar-refractivity contribution in [3.8, 4) is 0 Å². The normalized spacial score (nSPS) is 12.6. The molecule has 0 amide bonds. The van der Waals surface area contributed by atoms with Crippen molar-refractivity contribution in [2.45, 2.75) is 46.1 Å². The summed E-state index contributed by atoms with van der Waals surface area (Å²) in [4.78, 5) is 8.44. The van der Waals surface area contributed by atoms with E-state index in [4.69, 9.17) is 11.5 Å². The van der Waals surface area contributed by atoms with Crippen molar-refractivity contribution < 1.29 is 0 Å². The molecule has 0 unspecified atom stereocenters. The molecular weight excluding hydrogens is 274 g/mol. The zero-order valence-corrected chi connectivity index (χ0v) is 13.8. The van der Waals surface area contributed by atoms with E-state index < -0.39 is 0 Å². The molecule has 5 heteroatoms. The van der Waals surface area contributed by atoms with Gasteiger partial charge in [0.1, 0.15) is 5.82 Å². The molecule has 0 spiro atoms. The summed E-state index contributed by atoms with van der Waals surface area (Å²) in [5.41, 5.74) is 15.1. The van der Waals surface area contributed by atoms with Gasteiger partial charge in [0.25, 0.3) is 0 Å². The van der Waals surface area contributed by atoms with Crippen LogP contribution in [-0.2, 0) is 5.41 Å². The Morgan fingerprint density at radius 2 is 1.77 bits per heavy atom. The second-order valence-electron chi connectivity index (χ2n) is 7.10. The maximum atomic E-state index is 6.13. The Morgan fingerprint density at radius 1 is 1.09 bits per heavy atom. The van der Waals surface area contributed by atoms with Crippen molar-refractivity contribution in [1.29, 1.82) is 0 Å². The van der Waals surface area contributed by atoms with E-state index >= 15 is 0 Å². The zero-order chi connectivity index (χ0) is 16.2. The van der Waals surface area contributed by atoms with Crippen LogP contribution in [0.25, 0.3) is 21.8 Å². The van der Waals surface area contributed by atoms with E-state index in [0.717, 1.165) is 21.8 Å². The first-order chi connectivity index (χ1) is 10.2. The van der Waals surface area contributed by atoms with Crippen LogP contribution in [0.5, 0.6) is 0 Å². The summed E-state index contributed by atoms with van der Waals surface area (Å²) in [6.07, 6.45) is 0. The van der Waals surface area contributed by atoms with Crippen LogP contribution in [0.4, 0.5) is 11.8 Å². The lowest BCUT2D eigenvalue weighted by molar-refractivity contribution is 0.494. The van der Waals surface area contributed by atoms with Gasteiger partial charge < -0.3 is 16.0 Å². The lowest BCUT2D eigenvalue weighted by Crippen LogP contribution is -2.18. The molecule has 0 saturated carbocycles. The Hall–Kier alpha value is -2.30. The maximum absolute atomic E-state index is 6.13. The molecule has 0 saturated heterocycles. The molecule has 1 aromatic carbocycles. The number of hydrogen-bond donors (Lipinski definition) is 2. The average Bonchev–Trinajstić information content (AvgIpc) is 2.76. The molecule has 4 N–H and O–H groups in total. The molecule has 3 aromatic rings. The Morgan fingerprint density at radius 3 is 2.36 bits per heavy atom. The average molecular weight is 297 g/mol. The molecule has 0 radical (unpaired) electrons. The topological polar surface area (TPSA) is 82.8 Å². The molecule has 5 nitrogen and oxygen atoms in total. The molecular formula is C17H23N5. The minimum atomic E-state index is 0.0407. The van der Waals surface area contributed by atoms with Crippen molar-refractivity contribution >= 4 is 33.6 Å². The second kappa shape index (κ2) is 4.60. The van der Waals surface area contributed by atoms with Gasteiger partial charge in [-0.1, -0.05) is 20.8 Å². The number of fused-ring (bicyclic) bond motifs is 3. The third kappa shape index (κ3) is 2.08. The van der Waals surface area contributed by atoms with Crippen LogP contribution in [0, 0.1) is 0 Å². The first kappa shape index (κ1) is 14.6. The molecule has 0 aliphatic heterocycles. The van der Waals surface area contributed by atoms with E-state index in [1.807, 2.05) is 6.07 Å². The van der Waals surface area contributed by atoms with E-state index in [-0.39, 0.29) is 11.4 Å². The van der Waals surface area contributed by atoms with Crippen molar-refractivity contribution in [2.24, 2.45) is 0 Å². The summed E-state index contributed by atoms with van der Waals surface area (Å²) >= 11 is 0. The van der Waals surface area contributed by atoms with Gasteiger partial charge >= 0.3 is 0 Å². The van der Waals surface area contributed by atoms with Crippen molar-refractivity contribution in [2.75, 3.05) is 11.5 Å². The predicted molar refractivity (Wildman–Crippen MR) is 92.9 cm³/mol. The van der Waals surface area contributed by atoms with E-state index in [9.17, 15) is 0 Å². The standard InChI is InChI=1S/C17H23N5/c1-9(2)22-12-7-6-11-14(15(18)21-16(19)20-11)10(12)8-13(22)17(3,4)5/h6-9H,1-5H3,(H4,18,19,20,21). The number of nitrogen functional groups attached to an aromatic ring is 2. The molecule has 22 heavy (non-hydrogen) atoms. The predicted octanol–water partition coefficient (Wildman–Crippen LogP) is 3.63. The maximum Gasteiger partial charge on any atom is 0.222 e. The van der Waals surface area contributed by atoms with Gasteiger partial charge in [-0.05, 0) is 32.0 Å². The molecule has 0 bridgehead atoms. The molecule has 116 valence electrons. The van der Waals surface area contributed by atoms with Crippen LogP contribution >= 0.6 is 0 Å². The largest absolute Gasteiger partial charge is 0.383 e. The fraction of sp³-hybridized carbons (Fsp3) is 0.412. The van der Waals surface area contributed by atoms with Crippen LogP contribution in [0.1, 0.15) is 46.4 Å². The van der Waals surface area contributed by atoms with E-state index in [0.29, 0.717) is 11.9 Å². The fourth-order valence-electron chi connectivity index (χ4n) is 3.11. The van der Waals surface area contributed by atoms with Crippen LogP contribution in [-0.4, -0.2) is 14.5 Å². The first-order valence-corrected chi connectivity index (χ1v) is 7.57. The monoisotopic (exact) mass is 297 g/mol. The third-order valence-corrected chi connectivity index (χ3v) is 4.01. The van der Waals surface area contributed by atoms with Crippen LogP contribution in [0.15, 0.2) is 18.2 Å². The highest BCUT2D eigenvalue weighted by Gasteiger charge is 2.23. The molecule has 0 atom stereocenters. The first-order valence-electron chi connectivity index (χ1n) is 7.57. The van der Waals surface area contributed by atoms with Crippen molar-refractivity contribution in [3.63, 3.8) is 0 Å². The highest BCUT2D eigenvalue weighted by molar-refractivity contribution is 6.10. The Kier molecular flexibility index (Phi) is 3.06. The Bertz CT molecular complexity index is 868. The molecule has 0 aliphatic carbocycles. The van der Waals surface area contributed by atoms with Gasteiger partial charge in [-0.3, -0.25) is 0 Å². The lowest BCUT2D eigenvalue weighted by atomic mass is 9.91. The minimum absolute atomic E-state index is 0.0407. The second-order valence-corrected chi connectivity index (χ2v) is 7.10. The molecule has 0 fully saturated rings. The van der Waals surface area contributed by atoms with Crippen molar-refractivity contribution in [3.05, 3.63) is 23.9 Å². The van der Waals surface area contributed by atoms with Gasteiger partial charge in [0.05, 0.1) is 10.9 Å². The summed E-state index contributed by atoms with van der Waals surface area (Å²) in [5, 5.41) is 1.98. The van der Waals surface area contributed by atoms with Crippen LogP contribution < -0.4 is 11.5 Å². The summed E-state index contributed by atoms with van der Waals surface area (Å²) in [6.45, 7) is 11.1. The van der Waals surface area contributed by atoms with Gasteiger partial charge in [-0.15, -0.1) is 0 Å². The van der Waals surface area contributed by atoms with Gasteiger partial charge in [0.15, 0.2) is 0 Å². The van der Waals surface area contributed by atoms with E-state index in [1.165, 1.54) is 5.69 Å².